The van der Waals surface area contributed by atoms with E-state index in [0.29, 0.717) is 11.3 Å². The average Bonchev–Trinajstić information content (AvgIpc) is 2.86. The van der Waals surface area contributed by atoms with E-state index in [4.69, 9.17) is 0 Å². The molecule has 1 N–H and O–H groups in total. The van der Waals surface area contributed by atoms with Gasteiger partial charge in [0.05, 0.1) is 11.4 Å². The van der Waals surface area contributed by atoms with Crippen LogP contribution >= 0.6 is 0 Å². The van der Waals surface area contributed by atoms with Gasteiger partial charge < -0.3 is 5.32 Å². The van der Waals surface area contributed by atoms with Crippen LogP contribution in [-0.4, -0.2) is 20.1 Å². The van der Waals surface area contributed by atoms with Gasteiger partial charge in [0.15, 0.2) is 5.78 Å². The number of benzene rings is 1. The summed E-state index contributed by atoms with van der Waals surface area (Å²) in [4.78, 5) is 28.7. The second kappa shape index (κ2) is 7.00. The Hall–Kier alpha value is -3.41. The largest absolute Gasteiger partial charge is 0.356 e. The average molecular weight is 334 g/mol. The number of carbonyl (C=O) groups excluding carboxylic acids is 1. The Morgan fingerprint density at radius 1 is 1.16 bits per heavy atom. The van der Waals surface area contributed by atoms with E-state index < -0.39 is 0 Å². The molecule has 0 bridgehead atoms. The van der Waals surface area contributed by atoms with Crippen LogP contribution in [0.15, 0.2) is 71.9 Å². The minimum absolute atomic E-state index is 0.176. The highest BCUT2D eigenvalue weighted by molar-refractivity contribution is 6.04. The number of nitrogens with one attached hydrogen (secondary N) is 1. The van der Waals surface area contributed by atoms with E-state index in [2.05, 4.69) is 10.3 Å². The maximum Gasteiger partial charge on any atom is 0.295 e. The normalized spacial score (nSPS) is 11.0. The molecule has 6 nitrogen and oxygen atoms in total. The van der Waals surface area contributed by atoms with Gasteiger partial charge in [0.1, 0.15) is 5.69 Å². The molecule has 0 aliphatic carbocycles. The van der Waals surface area contributed by atoms with Crippen LogP contribution in [0.3, 0.4) is 0 Å². The van der Waals surface area contributed by atoms with Gasteiger partial charge in [0.2, 0.25) is 0 Å². The van der Waals surface area contributed by atoms with Gasteiger partial charge in [-0.25, -0.2) is 4.68 Å². The summed E-state index contributed by atoms with van der Waals surface area (Å²) in [5.74, 6) is -0.183. The number of rotatable bonds is 5. The molecule has 0 unspecified atom stereocenters. The van der Waals surface area contributed by atoms with Crippen LogP contribution in [0.4, 0.5) is 5.69 Å². The third kappa shape index (κ3) is 3.28. The Morgan fingerprint density at radius 3 is 2.60 bits per heavy atom. The number of anilines is 1. The summed E-state index contributed by atoms with van der Waals surface area (Å²) in [6.45, 7) is 1.85. The van der Waals surface area contributed by atoms with Crippen LogP contribution in [0.5, 0.6) is 0 Å². The highest BCUT2D eigenvalue weighted by atomic mass is 16.1. The molecule has 0 saturated heterocycles. The van der Waals surface area contributed by atoms with E-state index in [0.717, 1.165) is 11.4 Å². The Kier molecular flexibility index (Phi) is 4.61. The van der Waals surface area contributed by atoms with E-state index in [9.17, 15) is 9.59 Å². The molecule has 25 heavy (non-hydrogen) atoms. The number of hydrogen-bond acceptors (Lipinski definition) is 4. The van der Waals surface area contributed by atoms with Crippen LogP contribution in [0, 0.1) is 6.92 Å². The topological polar surface area (TPSA) is 68.9 Å². The smallest absolute Gasteiger partial charge is 0.295 e. The molecule has 0 radical (unpaired) electrons. The first-order valence-electron chi connectivity index (χ1n) is 7.81. The summed E-state index contributed by atoms with van der Waals surface area (Å²) >= 11 is 0. The number of pyridine rings is 1. The summed E-state index contributed by atoms with van der Waals surface area (Å²) in [7, 11) is 1.82. The number of aromatic nitrogens is 3. The SMILES string of the molecule is Cc1c(N/C=C/C(=O)c2cccnc2)c(=O)n(-c2ccccc2)n1C. The lowest BCUT2D eigenvalue weighted by molar-refractivity contribution is 0.104. The van der Waals surface area contributed by atoms with Gasteiger partial charge in [0, 0.05) is 37.3 Å². The molecule has 126 valence electrons. The standard InChI is InChI=1S/C19H18N4O2/c1-14-18(21-12-10-17(24)15-7-6-11-20-13-15)19(25)23(22(14)2)16-8-4-3-5-9-16/h3-13,21H,1-2H3/b12-10+. The fraction of sp³-hybridized carbons (Fsp3) is 0.105. The zero-order valence-electron chi connectivity index (χ0n) is 14.0. The number of ketones is 1. The fourth-order valence-corrected chi connectivity index (χ4v) is 2.54. The van der Waals surface area contributed by atoms with Crippen molar-refractivity contribution in [2.75, 3.05) is 5.32 Å². The van der Waals surface area contributed by atoms with Crippen LogP contribution in [0.2, 0.25) is 0 Å². The molecule has 0 fully saturated rings. The number of hydrogen-bond donors (Lipinski definition) is 1. The Bertz CT molecular complexity index is 970. The zero-order chi connectivity index (χ0) is 17.8. The summed E-state index contributed by atoms with van der Waals surface area (Å²) in [6, 6.07) is 12.8. The molecule has 2 aromatic heterocycles. The third-order valence-electron chi connectivity index (χ3n) is 3.96. The highest BCUT2D eigenvalue weighted by Gasteiger charge is 2.14. The van der Waals surface area contributed by atoms with Gasteiger partial charge >= 0.3 is 0 Å². The van der Waals surface area contributed by atoms with Crippen LogP contribution in [0.1, 0.15) is 16.1 Å². The van der Waals surface area contributed by atoms with Crippen molar-refractivity contribution in [2.24, 2.45) is 7.05 Å². The van der Waals surface area contributed by atoms with Crippen molar-refractivity contribution in [1.29, 1.82) is 0 Å². The lowest BCUT2D eigenvalue weighted by Crippen LogP contribution is -2.20. The predicted octanol–water partition coefficient (Wildman–Crippen LogP) is 2.69. The van der Waals surface area contributed by atoms with Gasteiger partial charge in [-0.1, -0.05) is 18.2 Å². The summed E-state index contributed by atoms with van der Waals surface area (Å²) in [5, 5.41) is 2.94. The van der Waals surface area contributed by atoms with Gasteiger partial charge in [-0.3, -0.25) is 19.3 Å². The first-order valence-corrected chi connectivity index (χ1v) is 7.81. The predicted molar refractivity (Wildman–Crippen MR) is 97.1 cm³/mol. The molecule has 0 saturated carbocycles. The number of para-hydroxylation sites is 1. The monoisotopic (exact) mass is 334 g/mol. The van der Waals surface area contributed by atoms with E-state index >= 15 is 0 Å². The molecule has 2 heterocycles. The lowest BCUT2D eigenvalue weighted by atomic mass is 10.2. The zero-order valence-corrected chi connectivity index (χ0v) is 14.0. The van der Waals surface area contributed by atoms with E-state index in [1.54, 1.807) is 27.7 Å². The van der Waals surface area contributed by atoms with Crippen LogP contribution in [-0.2, 0) is 7.05 Å². The van der Waals surface area contributed by atoms with Crippen molar-refractivity contribution < 1.29 is 4.79 Å². The third-order valence-corrected chi connectivity index (χ3v) is 3.96. The molecule has 6 heteroatoms. The van der Waals surface area contributed by atoms with E-state index in [1.807, 2.05) is 44.3 Å². The number of nitrogens with zero attached hydrogens (tertiary/aromatic N) is 3. The van der Waals surface area contributed by atoms with Gasteiger partial charge in [-0.2, -0.15) is 0 Å². The van der Waals surface area contributed by atoms with Gasteiger partial charge in [0.25, 0.3) is 5.56 Å². The minimum atomic E-state index is -0.183. The molecule has 3 aromatic rings. The number of allylic oxidation sites excluding steroid dienone is 1. The maximum atomic E-state index is 12.7. The summed E-state index contributed by atoms with van der Waals surface area (Å²) in [6.07, 6.45) is 5.98. The number of carbonyl (C=O) groups is 1. The van der Waals surface area contributed by atoms with Crippen molar-refractivity contribution >= 4 is 11.5 Å². The van der Waals surface area contributed by atoms with Crippen molar-refractivity contribution in [3.8, 4) is 5.69 Å². The Morgan fingerprint density at radius 2 is 1.92 bits per heavy atom. The molecule has 1 aromatic carbocycles. The molecule has 0 spiro atoms. The Labute approximate surface area is 145 Å². The van der Waals surface area contributed by atoms with E-state index in [-0.39, 0.29) is 11.3 Å². The fourth-order valence-electron chi connectivity index (χ4n) is 2.54. The Balaban J connectivity index is 1.86. The quantitative estimate of drug-likeness (QED) is 0.575. The highest BCUT2D eigenvalue weighted by Crippen LogP contribution is 2.13. The van der Waals surface area contributed by atoms with Gasteiger partial charge in [-0.15, -0.1) is 0 Å². The molecule has 0 aliphatic heterocycles. The van der Waals surface area contributed by atoms with Crippen LogP contribution < -0.4 is 10.9 Å². The molecule has 0 amide bonds. The molecular formula is C19H18N4O2. The van der Waals surface area contributed by atoms with Gasteiger partial charge in [-0.05, 0) is 31.2 Å². The van der Waals surface area contributed by atoms with Crippen molar-refractivity contribution in [3.05, 3.63) is 88.7 Å². The molecular weight excluding hydrogens is 316 g/mol. The van der Waals surface area contributed by atoms with E-state index in [1.165, 1.54) is 18.5 Å². The summed E-state index contributed by atoms with van der Waals surface area (Å²) < 4.78 is 3.35. The summed E-state index contributed by atoms with van der Waals surface area (Å²) in [5.41, 5.74) is 2.30. The van der Waals surface area contributed by atoms with Crippen LogP contribution in [0.25, 0.3) is 5.69 Å². The first-order chi connectivity index (χ1) is 12.1. The molecule has 3 rings (SSSR count). The minimum Gasteiger partial charge on any atom is -0.356 e. The van der Waals surface area contributed by atoms with Crippen molar-refractivity contribution in [3.63, 3.8) is 0 Å². The molecule has 0 atom stereocenters. The first kappa shape index (κ1) is 16.4. The second-order valence-electron chi connectivity index (χ2n) is 5.52. The molecule has 0 aliphatic rings. The maximum absolute atomic E-state index is 12.7. The van der Waals surface area contributed by atoms with Crippen molar-refractivity contribution in [1.82, 2.24) is 14.3 Å². The van der Waals surface area contributed by atoms with Crippen molar-refractivity contribution in [2.45, 2.75) is 6.92 Å². The second-order valence-corrected chi connectivity index (χ2v) is 5.52. The lowest BCUT2D eigenvalue weighted by Gasteiger charge is -2.07.